The minimum atomic E-state index is 0.759. The molecule has 2 heterocycles. The van der Waals surface area contributed by atoms with Gasteiger partial charge in [-0.2, -0.15) is 0 Å². The smallest absolute Gasteiger partial charge is 0.0477 e. The van der Waals surface area contributed by atoms with E-state index in [9.17, 15) is 0 Å². The molecule has 2 heteroatoms. The van der Waals surface area contributed by atoms with Crippen LogP contribution < -0.4 is 4.90 Å². The average molecular weight is 330 g/mol. The zero-order valence-corrected chi connectivity index (χ0v) is 14.8. The standard InChI is InChI=1S/C23H26N2/c1-2-7-18(8-3-1)22-15-24-23-14-20(10-11-21(22)23)25-13-12-17-6-4-5-9-19(17)16-25/h4-6,9-11,14-15,18,24H,1-3,7-8,12-13,16H2. The SMILES string of the molecule is c1ccc2c(c1)CCN(c1ccc3c(C4CCCCC4)c[nH]c3c1)C2. The first-order chi connectivity index (χ1) is 12.4. The molecule has 1 fully saturated rings. The summed E-state index contributed by atoms with van der Waals surface area (Å²) in [7, 11) is 0. The van der Waals surface area contributed by atoms with Crippen LogP contribution in [0.1, 0.15) is 54.7 Å². The van der Waals surface area contributed by atoms with E-state index in [2.05, 4.69) is 58.5 Å². The molecule has 1 N–H and O–H groups in total. The highest BCUT2D eigenvalue weighted by atomic mass is 15.1. The third-order valence-corrected chi connectivity index (χ3v) is 6.24. The normalized spacial score (nSPS) is 18.5. The van der Waals surface area contributed by atoms with Gasteiger partial charge in [-0.05, 0) is 54.0 Å². The van der Waals surface area contributed by atoms with Crippen molar-refractivity contribution in [3.05, 3.63) is 65.4 Å². The van der Waals surface area contributed by atoms with E-state index < -0.39 is 0 Å². The van der Waals surface area contributed by atoms with E-state index in [0.717, 1.165) is 25.4 Å². The third-order valence-electron chi connectivity index (χ3n) is 6.24. The molecule has 1 saturated carbocycles. The van der Waals surface area contributed by atoms with Crippen molar-refractivity contribution in [2.75, 3.05) is 11.4 Å². The highest BCUT2D eigenvalue weighted by Crippen LogP contribution is 2.37. The molecule has 0 spiro atoms. The highest BCUT2D eigenvalue weighted by Gasteiger charge is 2.20. The molecule has 0 atom stereocenters. The molecule has 1 aromatic heterocycles. The predicted molar refractivity (Wildman–Crippen MR) is 105 cm³/mol. The summed E-state index contributed by atoms with van der Waals surface area (Å²) >= 11 is 0. The first kappa shape index (κ1) is 15.1. The number of anilines is 1. The van der Waals surface area contributed by atoms with Crippen LogP contribution in [0.4, 0.5) is 5.69 Å². The number of fused-ring (bicyclic) bond motifs is 2. The van der Waals surface area contributed by atoms with Crippen LogP contribution in [0.15, 0.2) is 48.7 Å². The molecule has 2 aliphatic rings. The van der Waals surface area contributed by atoms with Gasteiger partial charge >= 0.3 is 0 Å². The molecular formula is C23H26N2. The van der Waals surface area contributed by atoms with Crippen molar-refractivity contribution in [1.29, 1.82) is 0 Å². The number of aromatic amines is 1. The number of H-pyrrole nitrogens is 1. The average Bonchev–Trinajstić information content (AvgIpc) is 3.11. The minimum absolute atomic E-state index is 0.759. The summed E-state index contributed by atoms with van der Waals surface area (Å²) in [4.78, 5) is 6.07. The maximum atomic E-state index is 3.56. The Balaban J connectivity index is 1.44. The number of hydrogen-bond acceptors (Lipinski definition) is 1. The number of hydrogen-bond donors (Lipinski definition) is 1. The van der Waals surface area contributed by atoms with Crippen LogP contribution >= 0.6 is 0 Å². The van der Waals surface area contributed by atoms with E-state index in [1.54, 1.807) is 5.56 Å². The molecule has 0 radical (unpaired) electrons. The lowest BCUT2D eigenvalue weighted by molar-refractivity contribution is 0.445. The Morgan fingerprint density at radius 3 is 2.64 bits per heavy atom. The largest absolute Gasteiger partial charge is 0.367 e. The fourth-order valence-electron chi connectivity index (χ4n) is 4.80. The van der Waals surface area contributed by atoms with Crippen molar-refractivity contribution in [3.8, 4) is 0 Å². The third kappa shape index (κ3) is 2.74. The van der Waals surface area contributed by atoms with Gasteiger partial charge in [0.2, 0.25) is 0 Å². The van der Waals surface area contributed by atoms with E-state index in [1.807, 2.05) is 0 Å². The van der Waals surface area contributed by atoms with Crippen molar-refractivity contribution in [2.45, 2.75) is 51.0 Å². The van der Waals surface area contributed by atoms with Crippen molar-refractivity contribution in [1.82, 2.24) is 4.98 Å². The lowest BCUT2D eigenvalue weighted by atomic mass is 9.84. The molecule has 1 aliphatic heterocycles. The van der Waals surface area contributed by atoms with Gasteiger partial charge in [-0.15, -0.1) is 0 Å². The lowest BCUT2D eigenvalue weighted by Gasteiger charge is -2.30. The Morgan fingerprint density at radius 1 is 0.920 bits per heavy atom. The van der Waals surface area contributed by atoms with Gasteiger partial charge in [0.25, 0.3) is 0 Å². The van der Waals surface area contributed by atoms with Gasteiger partial charge in [0, 0.05) is 35.9 Å². The molecule has 0 amide bonds. The Morgan fingerprint density at radius 2 is 1.76 bits per heavy atom. The Kier molecular flexibility index (Phi) is 3.77. The van der Waals surface area contributed by atoms with Crippen molar-refractivity contribution in [2.24, 2.45) is 0 Å². The summed E-state index contributed by atoms with van der Waals surface area (Å²) in [5.74, 6) is 0.759. The molecule has 3 aromatic rings. The second-order valence-electron chi connectivity index (χ2n) is 7.75. The summed E-state index contributed by atoms with van der Waals surface area (Å²) in [6, 6.07) is 15.9. The fraction of sp³-hybridized carbons (Fsp3) is 0.391. The maximum Gasteiger partial charge on any atom is 0.0477 e. The first-order valence-corrected chi connectivity index (χ1v) is 9.81. The van der Waals surface area contributed by atoms with Gasteiger partial charge in [0.05, 0.1) is 0 Å². The van der Waals surface area contributed by atoms with Crippen LogP contribution in [-0.4, -0.2) is 11.5 Å². The van der Waals surface area contributed by atoms with Gasteiger partial charge in [0.15, 0.2) is 0 Å². The van der Waals surface area contributed by atoms with Gasteiger partial charge < -0.3 is 9.88 Å². The van der Waals surface area contributed by atoms with Crippen LogP contribution in [0.5, 0.6) is 0 Å². The molecule has 2 aromatic carbocycles. The second kappa shape index (κ2) is 6.25. The summed E-state index contributed by atoms with van der Waals surface area (Å²) in [6.45, 7) is 2.14. The molecule has 0 bridgehead atoms. The summed E-state index contributed by atoms with van der Waals surface area (Å²) in [5, 5.41) is 1.44. The zero-order valence-electron chi connectivity index (χ0n) is 14.8. The van der Waals surface area contributed by atoms with Crippen LogP contribution in [0.25, 0.3) is 10.9 Å². The van der Waals surface area contributed by atoms with E-state index in [-0.39, 0.29) is 0 Å². The molecule has 128 valence electrons. The maximum absolute atomic E-state index is 3.56. The monoisotopic (exact) mass is 330 g/mol. The number of aromatic nitrogens is 1. The molecule has 0 unspecified atom stereocenters. The molecular weight excluding hydrogens is 304 g/mol. The van der Waals surface area contributed by atoms with Gasteiger partial charge in [-0.3, -0.25) is 0 Å². The first-order valence-electron chi connectivity index (χ1n) is 9.81. The van der Waals surface area contributed by atoms with Gasteiger partial charge in [0.1, 0.15) is 0 Å². The van der Waals surface area contributed by atoms with Gasteiger partial charge in [-0.1, -0.05) is 49.6 Å². The quantitative estimate of drug-likeness (QED) is 0.631. The predicted octanol–water partition coefficient (Wildman–Crippen LogP) is 5.78. The Bertz CT molecular complexity index is 886. The van der Waals surface area contributed by atoms with E-state index in [0.29, 0.717) is 0 Å². The topological polar surface area (TPSA) is 19.0 Å². The molecule has 25 heavy (non-hydrogen) atoms. The van der Waals surface area contributed by atoms with Crippen molar-refractivity contribution in [3.63, 3.8) is 0 Å². The number of rotatable bonds is 2. The van der Waals surface area contributed by atoms with E-state index in [4.69, 9.17) is 0 Å². The van der Waals surface area contributed by atoms with Crippen LogP contribution in [-0.2, 0) is 13.0 Å². The second-order valence-corrected chi connectivity index (χ2v) is 7.75. The lowest BCUT2D eigenvalue weighted by Crippen LogP contribution is -2.30. The highest BCUT2D eigenvalue weighted by molar-refractivity contribution is 5.87. The molecule has 5 rings (SSSR count). The zero-order chi connectivity index (χ0) is 16.6. The Labute approximate surface area is 149 Å². The Hall–Kier alpha value is -2.22. The fourth-order valence-corrected chi connectivity index (χ4v) is 4.80. The van der Waals surface area contributed by atoms with Crippen LogP contribution in [0.3, 0.4) is 0 Å². The van der Waals surface area contributed by atoms with Crippen molar-refractivity contribution >= 4 is 16.6 Å². The number of benzene rings is 2. The summed E-state index contributed by atoms with van der Waals surface area (Å²) in [5.41, 5.74) is 7.18. The van der Waals surface area contributed by atoms with E-state index in [1.165, 1.54) is 59.8 Å². The minimum Gasteiger partial charge on any atom is -0.367 e. The van der Waals surface area contributed by atoms with Crippen LogP contribution in [0.2, 0.25) is 0 Å². The van der Waals surface area contributed by atoms with E-state index >= 15 is 0 Å². The number of nitrogens with one attached hydrogen (secondary N) is 1. The molecule has 0 saturated heterocycles. The number of nitrogens with zero attached hydrogens (tertiary/aromatic N) is 1. The van der Waals surface area contributed by atoms with Crippen molar-refractivity contribution < 1.29 is 0 Å². The summed E-state index contributed by atoms with van der Waals surface area (Å²) < 4.78 is 0. The van der Waals surface area contributed by atoms with Crippen LogP contribution in [0, 0.1) is 0 Å². The molecule has 1 aliphatic carbocycles. The molecule has 2 nitrogen and oxygen atoms in total. The van der Waals surface area contributed by atoms with Gasteiger partial charge in [-0.25, -0.2) is 0 Å². The summed E-state index contributed by atoms with van der Waals surface area (Å²) in [6.07, 6.45) is 10.3.